The van der Waals surface area contributed by atoms with E-state index in [4.69, 9.17) is 9.52 Å². The average molecular weight is 231 g/mol. The van der Waals surface area contributed by atoms with E-state index in [1.54, 1.807) is 18.2 Å². The smallest absolute Gasteiger partial charge is 0.335 e. The average Bonchev–Trinajstić information content (AvgIpc) is 2.96. The lowest BCUT2D eigenvalue weighted by Crippen LogP contribution is -1.95. The summed E-state index contributed by atoms with van der Waals surface area (Å²) in [6.45, 7) is 0. The molecule has 1 aliphatic rings. The number of fused-ring (bicyclic) bond motifs is 1. The Bertz CT molecular complexity index is 567. The van der Waals surface area contributed by atoms with Gasteiger partial charge in [0, 0.05) is 5.92 Å². The van der Waals surface area contributed by atoms with Gasteiger partial charge in [-0.3, -0.25) is 0 Å². The molecule has 4 nitrogen and oxygen atoms in total. The molecule has 17 heavy (non-hydrogen) atoms. The number of carboxylic acids is 1. The van der Waals surface area contributed by atoms with Crippen LogP contribution in [0.2, 0.25) is 0 Å². The first-order valence-corrected chi connectivity index (χ1v) is 5.88. The lowest BCUT2D eigenvalue weighted by Gasteiger charge is -2.00. The Balaban J connectivity index is 2.03. The number of carbonyl (C=O) groups is 1. The third-order valence-corrected chi connectivity index (χ3v) is 3.36. The Hall–Kier alpha value is -1.84. The standard InChI is InChI=1S/C13H13NO3/c15-13(16)9-5-6-11-10(7-9)14-12(17-11)8-3-1-2-4-8/h5-8H,1-4H2,(H,15,16). The summed E-state index contributed by atoms with van der Waals surface area (Å²) < 4.78 is 5.68. The highest BCUT2D eigenvalue weighted by Crippen LogP contribution is 2.35. The molecule has 1 heterocycles. The predicted molar refractivity (Wildman–Crippen MR) is 62.2 cm³/mol. The molecule has 1 aromatic heterocycles. The molecule has 1 aromatic carbocycles. The highest BCUT2D eigenvalue weighted by atomic mass is 16.4. The molecule has 2 aromatic rings. The van der Waals surface area contributed by atoms with E-state index in [1.807, 2.05) is 0 Å². The Morgan fingerprint density at radius 1 is 1.35 bits per heavy atom. The van der Waals surface area contributed by atoms with Crippen LogP contribution in [0.15, 0.2) is 22.6 Å². The van der Waals surface area contributed by atoms with Crippen LogP contribution in [0, 0.1) is 0 Å². The molecule has 0 radical (unpaired) electrons. The summed E-state index contributed by atoms with van der Waals surface area (Å²) in [4.78, 5) is 15.3. The molecule has 0 saturated heterocycles. The Morgan fingerprint density at radius 2 is 2.12 bits per heavy atom. The summed E-state index contributed by atoms with van der Waals surface area (Å²) in [6.07, 6.45) is 4.70. The maximum atomic E-state index is 10.8. The van der Waals surface area contributed by atoms with E-state index in [0.29, 0.717) is 17.0 Å². The first-order chi connectivity index (χ1) is 8.24. The molecule has 1 aliphatic carbocycles. The minimum Gasteiger partial charge on any atom is -0.478 e. The quantitative estimate of drug-likeness (QED) is 0.862. The second kappa shape index (κ2) is 3.87. The number of hydrogen-bond donors (Lipinski definition) is 1. The first-order valence-electron chi connectivity index (χ1n) is 5.88. The molecule has 1 fully saturated rings. The number of nitrogens with zero attached hydrogens (tertiary/aromatic N) is 1. The number of hydrogen-bond acceptors (Lipinski definition) is 3. The van der Waals surface area contributed by atoms with Crippen molar-refractivity contribution in [1.29, 1.82) is 0 Å². The number of aromatic nitrogens is 1. The first kappa shape index (κ1) is 10.3. The Kier molecular flexibility index (Phi) is 2.35. The molecule has 1 N–H and O–H groups in total. The van der Waals surface area contributed by atoms with E-state index in [0.717, 1.165) is 18.7 Å². The number of oxazole rings is 1. The van der Waals surface area contributed by atoms with E-state index in [2.05, 4.69) is 4.98 Å². The lowest BCUT2D eigenvalue weighted by atomic mass is 10.1. The maximum Gasteiger partial charge on any atom is 0.335 e. The second-order valence-corrected chi connectivity index (χ2v) is 4.52. The number of benzene rings is 1. The molecule has 0 atom stereocenters. The molecule has 0 aliphatic heterocycles. The summed E-state index contributed by atoms with van der Waals surface area (Å²) >= 11 is 0. The van der Waals surface area contributed by atoms with Gasteiger partial charge in [0.15, 0.2) is 11.5 Å². The molecule has 88 valence electrons. The molecule has 0 unspecified atom stereocenters. The van der Waals surface area contributed by atoms with Crippen LogP contribution in [0.3, 0.4) is 0 Å². The van der Waals surface area contributed by atoms with Gasteiger partial charge in [0.2, 0.25) is 0 Å². The fourth-order valence-electron chi connectivity index (χ4n) is 2.43. The summed E-state index contributed by atoms with van der Waals surface area (Å²) in [7, 11) is 0. The van der Waals surface area contributed by atoms with E-state index in [1.165, 1.54) is 12.8 Å². The van der Waals surface area contributed by atoms with Crippen LogP contribution in [0.25, 0.3) is 11.1 Å². The van der Waals surface area contributed by atoms with Crippen LogP contribution in [0.4, 0.5) is 0 Å². The summed E-state index contributed by atoms with van der Waals surface area (Å²) in [5.74, 6) is 0.244. The van der Waals surface area contributed by atoms with E-state index < -0.39 is 5.97 Å². The van der Waals surface area contributed by atoms with E-state index in [9.17, 15) is 4.79 Å². The highest BCUT2D eigenvalue weighted by Gasteiger charge is 2.22. The molecule has 1 saturated carbocycles. The monoisotopic (exact) mass is 231 g/mol. The van der Waals surface area contributed by atoms with Gasteiger partial charge in [-0.2, -0.15) is 0 Å². The van der Waals surface area contributed by atoms with Gasteiger partial charge in [0.1, 0.15) is 5.52 Å². The van der Waals surface area contributed by atoms with Crippen LogP contribution in [0.5, 0.6) is 0 Å². The van der Waals surface area contributed by atoms with Gasteiger partial charge < -0.3 is 9.52 Å². The zero-order chi connectivity index (χ0) is 11.8. The SMILES string of the molecule is O=C(O)c1ccc2oc(C3CCCC3)nc2c1. The number of carboxylic acid groups (broad SMARTS) is 1. The van der Waals surface area contributed by atoms with Crippen molar-refractivity contribution in [2.24, 2.45) is 0 Å². The predicted octanol–water partition coefficient (Wildman–Crippen LogP) is 3.18. The summed E-state index contributed by atoms with van der Waals surface area (Å²) in [5.41, 5.74) is 1.58. The van der Waals surface area contributed by atoms with Gasteiger partial charge in [-0.25, -0.2) is 9.78 Å². The molecule has 3 rings (SSSR count). The topological polar surface area (TPSA) is 63.3 Å². The number of aromatic carboxylic acids is 1. The van der Waals surface area contributed by atoms with Crippen LogP contribution >= 0.6 is 0 Å². The molecule has 0 bridgehead atoms. The van der Waals surface area contributed by atoms with Gasteiger partial charge in [-0.15, -0.1) is 0 Å². The van der Waals surface area contributed by atoms with Crippen molar-refractivity contribution in [2.45, 2.75) is 31.6 Å². The molecular weight excluding hydrogens is 218 g/mol. The number of rotatable bonds is 2. The molecular formula is C13H13NO3. The third-order valence-electron chi connectivity index (χ3n) is 3.36. The van der Waals surface area contributed by atoms with Crippen LogP contribution in [0.1, 0.15) is 47.8 Å². The van der Waals surface area contributed by atoms with E-state index >= 15 is 0 Å². The fraction of sp³-hybridized carbons (Fsp3) is 0.385. The minimum atomic E-state index is -0.933. The second-order valence-electron chi connectivity index (χ2n) is 4.52. The van der Waals surface area contributed by atoms with Crippen molar-refractivity contribution in [2.75, 3.05) is 0 Å². The highest BCUT2D eigenvalue weighted by molar-refractivity contribution is 5.91. The van der Waals surface area contributed by atoms with Crippen molar-refractivity contribution in [3.05, 3.63) is 29.7 Å². The summed E-state index contributed by atoms with van der Waals surface area (Å²) in [6, 6.07) is 4.80. The van der Waals surface area contributed by atoms with Gasteiger partial charge in [0.05, 0.1) is 5.56 Å². The Labute approximate surface area is 98.3 Å². The van der Waals surface area contributed by atoms with Crippen molar-refractivity contribution >= 4 is 17.1 Å². The van der Waals surface area contributed by atoms with Crippen LogP contribution in [-0.2, 0) is 0 Å². The van der Waals surface area contributed by atoms with Gasteiger partial charge in [-0.05, 0) is 31.0 Å². The van der Waals surface area contributed by atoms with Crippen molar-refractivity contribution in [3.63, 3.8) is 0 Å². The van der Waals surface area contributed by atoms with Gasteiger partial charge in [-0.1, -0.05) is 12.8 Å². The zero-order valence-corrected chi connectivity index (χ0v) is 9.35. The van der Waals surface area contributed by atoms with Crippen molar-refractivity contribution in [3.8, 4) is 0 Å². The van der Waals surface area contributed by atoms with Crippen LogP contribution < -0.4 is 0 Å². The van der Waals surface area contributed by atoms with Crippen LogP contribution in [-0.4, -0.2) is 16.1 Å². The van der Waals surface area contributed by atoms with Crippen molar-refractivity contribution in [1.82, 2.24) is 4.98 Å². The molecule has 0 amide bonds. The van der Waals surface area contributed by atoms with Gasteiger partial charge >= 0.3 is 5.97 Å². The normalized spacial score (nSPS) is 16.7. The Morgan fingerprint density at radius 3 is 2.82 bits per heavy atom. The minimum absolute atomic E-state index is 0.253. The maximum absolute atomic E-state index is 10.8. The zero-order valence-electron chi connectivity index (χ0n) is 9.35. The summed E-state index contributed by atoms with van der Waals surface area (Å²) in [5, 5.41) is 8.90. The lowest BCUT2D eigenvalue weighted by molar-refractivity contribution is 0.0697. The van der Waals surface area contributed by atoms with Gasteiger partial charge in [0.25, 0.3) is 0 Å². The fourth-order valence-corrected chi connectivity index (χ4v) is 2.43. The van der Waals surface area contributed by atoms with E-state index in [-0.39, 0.29) is 5.56 Å². The largest absolute Gasteiger partial charge is 0.478 e. The third kappa shape index (κ3) is 1.79. The van der Waals surface area contributed by atoms with Crippen molar-refractivity contribution < 1.29 is 14.3 Å². The molecule has 4 heteroatoms. The molecule has 0 spiro atoms.